The number of nitrogens with zero attached hydrogens (tertiary/aromatic N) is 3. The number of aromatic amines is 1. The fourth-order valence-corrected chi connectivity index (χ4v) is 6.07. The second kappa shape index (κ2) is 6.30. The van der Waals surface area contributed by atoms with Crippen molar-refractivity contribution in [1.82, 2.24) is 14.9 Å². The first-order valence-electron chi connectivity index (χ1n) is 10.3. The van der Waals surface area contributed by atoms with Crippen molar-refractivity contribution in [3.8, 4) is 0 Å². The van der Waals surface area contributed by atoms with Gasteiger partial charge in [-0.3, -0.25) is 0 Å². The van der Waals surface area contributed by atoms with Crippen LogP contribution in [0.2, 0.25) is 0 Å². The first kappa shape index (κ1) is 18.2. The van der Waals surface area contributed by atoms with Crippen LogP contribution in [-0.2, 0) is 0 Å². The Bertz CT molecular complexity index is 947. The molecule has 2 unspecified atom stereocenters. The molecule has 5 rings (SSSR count). The van der Waals surface area contributed by atoms with Gasteiger partial charge in [0.05, 0.1) is 17.9 Å². The zero-order chi connectivity index (χ0) is 19.6. The lowest BCUT2D eigenvalue weighted by Gasteiger charge is -2.45. The first-order chi connectivity index (χ1) is 13.4. The second-order valence-electron chi connectivity index (χ2n) is 8.88. The molecule has 28 heavy (non-hydrogen) atoms. The third-order valence-corrected chi connectivity index (χ3v) is 7.46. The molecular weight excluding hydrogens is 355 g/mol. The Labute approximate surface area is 164 Å². The molecule has 1 aliphatic heterocycles. The van der Waals surface area contributed by atoms with Crippen LogP contribution in [0.1, 0.15) is 38.7 Å². The predicted octanol–water partition coefficient (Wildman–Crippen LogP) is 0.696. The van der Waals surface area contributed by atoms with Crippen LogP contribution in [0.5, 0.6) is 0 Å². The molecule has 3 aliphatic rings. The Morgan fingerprint density at radius 1 is 1.39 bits per heavy atom. The molecule has 2 fully saturated rings. The summed E-state index contributed by atoms with van der Waals surface area (Å²) in [4.78, 5) is 9.21. The van der Waals surface area contributed by atoms with Crippen molar-refractivity contribution in [2.24, 2.45) is 28.8 Å². The molecule has 5 atom stereocenters. The van der Waals surface area contributed by atoms with E-state index in [0.717, 1.165) is 47.0 Å². The monoisotopic (exact) mass is 382 g/mol. The van der Waals surface area contributed by atoms with Crippen molar-refractivity contribution >= 4 is 29.3 Å². The standard InChI is InChI=1S/C20H27BN4O3/c1-11-9-20(27)5-3-13(12(20)2)16(11)18-17-14-4-6-22-19(14)23-10-15(17)21(28)25(24-18)7-8-26/h4,6,10-13,16,26-28H,3,5,7-9H2,1-2H3,(H,22,23)/t11-,12?,13?,16+,20-/m1/s1. The summed E-state index contributed by atoms with van der Waals surface area (Å²) in [5.74, 6) is 1.06. The maximum Gasteiger partial charge on any atom is 0.468 e. The fraction of sp³-hybridized carbons (Fsp3) is 0.600. The van der Waals surface area contributed by atoms with E-state index < -0.39 is 12.7 Å². The number of hydrogen-bond donors (Lipinski definition) is 4. The van der Waals surface area contributed by atoms with E-state index in [-0.39, 0.29) is 30.9 Å². The molecule has 2 aromatic heterocycles. The highest BCUT2D eigenvalue weighted by molar-refractivity contribution is 6.66. The van der Waals surface area contributed by atoms with Crippen LogP contribution in [0.3, 0.4) is 0 Å². The van der Waals surface area contributed by atoms with Gasteiger partial charge in [0.25, 0.3) is 0 Å². The van der Waals surface area contributed by atoms with E-state index in [1.54, 1.807) is 11.1 Å². The van der Waals surface area contributed by atoms with Crippen LogP contribution in [-0.4, -0.2) is 61.6 Å². The van der Waals surface area contributed by atoms with Crippen LogP contribution in [0.25, 0.3) is 11.0 Å². The predicted molar refractivity (Wildman–Crippen MR) is 108 cm³/mol. The Morgan fingerprint density at radius 2 is 2.21 bits per heavy atom. The van der Waals surface area contributed by atoms with Crippen LogP contribution in [0.4, 0.5) is 0 Å². The molecule has 0 spiro atoms. The molecule has 0 saturated heterocycles. The molecule has 3 heterocycles. The van der Waals surface area contributed by atoms with Gasteiger partial charge in [-0.15, -0.1) is 0 Å². The number of fused-ring (bicyclic) bond motifs is 5. The highest BCUT2D eigenvalue weighted by Gasteiger charge is 2.56. The first-order valence-corrected chi connectivity index (χ1v) is 10.3. The molecule has 2 bridgehead atoms. The molecule has 7 nitrogen and oxygen atoms in total. The molecule has 2 saturated carbocycles. The van der Waals surface area contributed by atoms with Crippen LogP contribution in [0, 0.1) is 23.7 Å². The van der Waals surface area contributed by atoms with Gasteiger partial charge in [0, 0.05) is 41.3 Å². The lowest BCUT2D eigenvalue weighted by atomic mass is 9.60. The summed E-state index contributed by atoms with van der Waals surface area (Å²) < 4.78 is 0. The minimum absolute atomic E-state index is 0.0806. The Morgan fingerprint density at radius 3 is 3.00 bits per heavy atom. The Kier molecular flexibility index (Phi) is 4.09. The van der Waals surface area contributed by atoms with Gasteiger partial charge in [-0.2, -0.15) is 5.10 Å². The Balaban J connectivity index is 1.69. The molecule has 2 aromatic rings. The smallest absolute Gasteiger partial charge is 0.428 e. The van der Waals surface area contributed by atoms with E-state index >= 15 is 0 Å². The highest BCUT2D eigenvalue weighted by atomic mass is 16.3. The average Bonchev–Trinajstić information content (AvgIpc) is 3.21. The van der Waals surface area contributed by atoms with Gasteiger partial charge in [-0.1, -0.05) is 13.8 Å². The molecule has 4 N–H and O–H groups in total. The van der Waals surface area contributed by atoms with Gasteiger partial charge in [0.2, 0.25) is 0 Å². The number of aliphatic hydroxyl groups is 2. The molecule has 0 aromatic carbocycles. The van der Waals surface area contributed by atoms with Gasteiger partial charge in [-0.25, -0.2) is 4.98 Å². The van der Waals surface area contributed by atoms with E-state index in [9.17, 15) is 15.2 Å². The number of rotatable bonds is 3. The largest absolute Gasteiger partial charge is 0.468 e. The van der Waals surface area contributed by atoms with Crippen molar-refractivity contribution in [1.29, 1.82) is 0 Å². The number of aliphatic hydroxyl groups excluding tert-OH is 1. The third-order valence-electron chi connectivity index (χ3n) is 7.46. The highest BCUT2D eigenvalue weighted by Crippen LogP contribution is 2.55. The zero-order valence-corrected chi connectivity index (χ0v) is 16.3. The van der Waals surface area contributed by atoms with E-state index in [2.05, 4.69) is 23.8 Å². The Hall–Kier alpha value is -1.90. The molecule has 148 valence electrons. The normalized spacial score (nSPS) is 34.7. The second-order valence-corrected chi connectivity index (χ2v) is 8.88. The number of β-amino-alcohol motifs (C(OH)–C–C–N with tert-alkyl or cyclic N) is 1. The average molecular weight is 382 g/mol. The number of nitrogens with one attached hydrogen (secondary N) is 1. The number of H-pyrrole nitrogens is 1. The van der Waals surface area contributed by atoms with Gasteiger partial charge in [0.1, 0.15) is 5.65 Å². The summed E-state index contributed by atoms with van der Waals surface area (Å²) in [5, 5.41) is 37.3. The number of pyridine rings is 1. The molecular formula is C20H27BN4O3. The van der Waals surface area contributed by atoms with Crippen LogP contribution in [0.15, 0.2) is 23.6 Å². The van der Waals surface area contributed by atoms with Gasteiger partial charge in [-0.05, 0) is 43.1 Å². The quantitative estimate of drug-likeness (QED) is 0.585. The zero-order valence-electron chi connectivity index (χ0n) is 16.3. The number of aromatic nitrogens is 2. The van der Waals surface area contributed by atoms with E-state index in [1.165, 1.54) is 0 Å². The van der Waals surface area contributed by atoms with Crippen LogP contribution >= 0.6 is 0 Å². The third kappa shape index (κ3) is 2.41. The van der Waals surface area contributed by atoms with Gasteiger partial charge < -0.3 is 25.1 Å². The van der Waals surface area contributed by atoms with Crippen molar-refractivity contribution in [2.45, 2.75) is 38.7 Å². The van der Waals surface area contributed by atoms with Gasteiger partial charge >= 0.3 is 7.05 Å². The summed E-state index contributed by atoms with van der Waals surface area (Å²) >= 11 is 0. The molecule has 0 radical (unpaired) electrons. The van der Waals surface area contributed by atoms with Crippen molar-refractivity contribution < 1.29 is 15.2 Å². The molecule has 8 heteroatoms. The topological polar surface area (TPSA) is 105 Å². The minimum atomic E-state index is -0.922. The SMILES string of the molecule is CC1C2CC[C@@]1(O)C[C@@H](C)[C@@H]2C1=NN(CCO)B(O)c2cnc3[nH]ccc3c21. The summed E-state index contributed by atoms with van der Waals surface area (Å²) in [6, 6.07) is 1.99. The summed E-state index contributed by atoms with van der Waals surface area (Å²) in [5.41, 5.74) is 2.89. The lowest BCUT2D eigenvalue weighted by Crippen LogP contribution is -2.55. The van der Waals surface area contributed by atoms with Crippen LogP contribution < -0.4 is 5.46 Å². The summed E-state index contributed by atoms with van der Waals surface area (Å²) in [6.45, 7) is 4.56. The van der Waals surface area contributed by atoms with Crippen molar-refractivity contribution in [3.05, 3.63) is 24.0 Å². The van der Waals surface area contributed by atoms with E-state index in [4.69, 9.17) is 5.10 Å². The summed E-state index contributed by atoms with van der Waals surface area (Å²) in [6.07, 6.45) is 6.19. The maximum atomic E-state index is 11.1. The fourth-order valence-electron chi connectivity index (χ4n) is 6.07. The summed E-state index contributed by atoms with van der Waals surface area (Å²) in [7, 11) is -0.922. The van der Waals surface area contributed by atoms with E-state index in [1.807, 2.05) is 12.3 Å². The number of hydrazone groups is 1. The molecule has 2 aliphatic carbocycles. The van der Waals surface area contributed by atoms with Crippen molar-refractivity contribution in [2.75, 3.05) is 13.2 Å². The van der Waals surface area contributed by atoms with Crippen molar-refractivity contribution in [3.63, 3.8) is 0 Å². The minimum Gasteiger partial charge on any atom is -0.428 e. The lowest BCUT2D eigenvalue weighted by molar-refractivity contribution is -0.0533. The maximum absolute atomic E-state index is 11.1. The number of hydrogen-bond acceptors (Lipinski definition) is 6. The van der Waals surface area contributed by atoms with Gasteiger partial charge in [0.15, 0.2) is 0 Å². The van der Waals surface area contributed by atoms with E-state index in [0.29, 0.717) is 5.92 Å². The molecule has 0 amide bonds.